The molecule has 2 rings (SSSR count). The Morgan fingerprint density at radius 1 is 1.33 bits per heavy atom. The molecule has 0 bridgehead atoms. The van der Waals surface area contributed by atoms with Crippen molar-refractivity contribution in [1.29, 1.82) is 0 Å². The third-order valence-corrected chi connectivity index (χ3v) is 3.37. The van der Waals surface area contributed by atoms with Crippen molar-refractivity contribution in [2.45, 2.75) is 20.3 Å². The molecule has 0 aliphatic carbocycles. The highest BCUT2D eigenvalue weighted by Gasteiger charge is 2.38. The van der Waals surface area contributed by atoms with Gasteiger partial charge in [0, 0.05) is 11.0 Å². The van der Waals surface area contributed by atoms with Gasteiger partial charge in [0.15, 0.2) is 0 Å². The average molecular weight is 314 g/mol. The summed E-state index contributed by atoms with van der Waals surface area (Å²) in [6.45, 7) is 4.40. The van der Waals surface area contributed by atoms with Gasteiger partial charge in [-0.3, -0.25) is 9.59 Å². The highest BCUT2D eigenvalue weighted by Crippen LogP contribution is 2.34. The highest BCUT2D eigenvalue weighted by atomic mass is 79.9. The maximum absolute atomic E-state index is 13.9. The first kappa shape index (κ1) is 13.2. The zero-order chi connectivity index (χ0) is 13.4. The Bertz CT molecular complexity index is 528. The predicted molar refractivity (Wildman–Crippen MR) is 70.2 cm³/mol. The van der Waals surface area contributed by atoms with E-state index in [9.17, 15) is 14.0 Å². The van der Waals surface area contributed by atoms with Crippen LogP contribution in [0.4, 0.5) is 10.1 Å². The van der Waals surface area contributed by atoms with Crippen LogP contribution in [0.5, 0.6) is 0 Å². The van der Waals surface area contributed by atoms with E-state index in [2.05, 4.69) is 15.9 Å². The molecule has 0 radical (unpaired) electrons. The van der Waals surface area contributed by atoms with Crippen LogP contribution < -0.4 is 4.90 Å². The second kappa shape index (κ2) is 4.80. The van der Waals surface area contributed by atoms with E-state index < -0.39 is 17.5 Å². The van der Waals surface area contributed by atoms with E-state index in [4.69, 9.17) is 0 Å². The monoisotopic (exact) mass is 313 g/mol. The topological polar surface area (TPSA) is 37.4 Å². The largest absolute Gasteiger partial charge is 0.302 e. The molecule has 0 atom stereocenters. The molecule has 1 heterocycles. The fraction of sp³-hybridized carbons (Fsp3) is 0.385. The van der Waals surface area contributed by atoms with Gasteiger partial charge in [0.1, 0.15) is 5.82 Å². The number of nitrogens with zero attached hydrogens (tertiary/aromatic N) is 1. The van der Waals surface area contributed by atoms with Gasteiger partial charge >= 0.3 is 0 Å². The molecule has 96 valence electrons. The van der Waals surface area contributed by atoms with Crippen LogP contribution in [-0.2, 0) is 4.79 Å². The maximum atomic E-state index is 13.9. The molecule has 0 spiro atoms. The number of fused-ring (bicyclic) bond motifs is 1. The van der Waals surface area contributed by atoms with Crippen molar-refractivity contribution in [3.8, 4) is 0 Å². The van der Waals surface area contributed by atoms with Crippen molar-refractivity contribution in [3.05, 3.63) is 28.0 Å². The molecule has 1 aromatic rings. The molecule has 5 heteroatoms. The molecule has 0 N–H and O–H groups in total. The molecule has 0 unspecified atom stereocenters. The molecule has 3 nitrogen and oxygen atoms in total. The Morgan fingerprint density at radius 3 is 2.61 bits per heavy atom. The van der Waals surface area contributed by atoms with E-state index >= 15 is 0 Å². The van der Waals surface area contributed by atoms with Gasteiger partial charge in [0.05, 0.1) is 11.3 Å². The fourth-order valence-electron chi connectivity index (χ4n) is 1.95. The number of hydrogen-bond donors (Lipinski definition) is 0. The predicted octanol–water partition coefficient (Wildman–Crippen LogP) is 3.16. The van der Waals surface area contributed by atoms with Crippen molar-refractivity contribution in [2.24, 2.45) is 5.92 Å². The first-order chi connectivity index (χ1) is 8.41. The standard InChI is InChI=1S/C13H13BrFNO2/c1-7(2)3-4-16-11-9(12(17)13(16)18)5-8(14)6-10(11)15/h5-7H,3-4H2,1-2H3. The molecule has 1 aromatic carbocycles. The van der Waals surface area contributed by atoms with Gasteiger partial charge in [-0.1, -0.05) is 29.8 Å². The molecule has 1 amide bonds. The Hall–Kier alpha value is -1.23. The summed E-state index contributed by atoms with van der Waals surface area (Å²) >= 11 is 3.12. The number of halogens is 2. The van der Waals surface area contributed by atoms with E-state index in [-0.39, 0.29) is 11.3 Å². The molecule has 18 heavy (non-hydrogen) atoms. The minimum absolute atomic E-state index is 0.119. The summed E-state index contributed by atoms with van der Waals surface area (Å²) in [6.07, 6.45) is 0.730. The molecule has 0 fully saturated rings. The van der Waals surface area contributed by atoms with Crippen LogP contribution in [0, 0.1) is 11.7 Å². The third-order valence-electron chi connectivity index (χ3n) is 2.91. The quantitative estimate of drug-likeness (QED) is 0.804. The van der Waals surface area contributed by atoms with E-state index in [0.29, 0.717) is 16.9 Å². The summed E-state index contributed by atoms with van der Waals surface area (Å²) in [5.41, 5.74) is 0.268. The molecule has 0 aromatic heterocycles. The molecule has 0 saturated heterocycles. The molecule has 1 aliphatic heterocycles. The number of carbonyl (C=O) groups excluding carboxylic acids is 2. The zero-order valence-corrected chi connectivity index (χ0v) is 11.8. The van der Waals surface area contributed by atoms with Gasteiger partial charge in [-0.25, -0.2) is 4.39 Å². The summed E-state index contributed by atoms with van der Waals surface area (Å²) in [4.78, 5) is 24.9. The van der Waals surface area contributed by atoms with Crippen LogP contribution in [-0.4, -0.2) is 18.2 Å². The number of benzene rings is 1. The van der Waals surface area contributed by atoms with Crippen molar-refractivity contribution in [1.82, 2.24) is 0 Å². The molecular weight excluding hydrogens is 301 g/mol. The lowest BCUT2D eigenvalue weighted by Gasteiger charge is -2.18. The van der Waals surface area contributed by atoms with Crippen molar-refractivity contribution in [3.63, 3.8) is 0 Å². The van der Waals surface area contributed by atoms with E-state index in [1.54, 1.807) is 0 Å². The summed E-state index contributed by atoms with van der Waals surface area (Å²) in [7, 11) is 0. The van der Waals surface area contributed by atoms with E-state index in [0.717, 1.165) is 6.42 Å². The Morgan fingerprint density at radius 2 is 2.00 bits per heavy atom. The normalized spacial score (nSPS) is 14.6. The lowest BCUT2D eigenvalue weighted by atomic mass is 10.1. The molecule has 1 aliphatic rings. The Balaban J connectivity index is 2.42. The van der Waals surface area contributed by atoms with Crippen LogP contribution in [0.25, 0.3) is 0 Å². The first-order valence-corrected chi connectivity index (χ1v) is 6.56. The number of hydrogen-bond acceptors (Lipinski definition) is 2. The second-order valence-corrected chi connectivity index (χ2v) is 5.67. The van der Waals surface area contributed by atoms with Crippen molar-refractivity contribution in [2.75, 3.05) is 11.4 Å². The minimum Gasteiger partial charge on any atom is -0.302 e. The lowest BCUT2D eigenvalue weighted by molar-refractivity contribution is -0.114. The van der Waals surface area contributed by atoms with Gasteiger partial charge in [-0.15, -0.1) is 0 Å². The Kier molecular flexibility index (Phi) is 3.52. The van der Waals surface area contributed by atoms with E-state index in [1.807, 2.05) is 13.8 Å². The molecule has 0 saturated carbocycles. The smallest absolute Gasteiger partial charge is 0.299 e. The third kappa shape index (κ3) is 2.19. The number of carbonyl (C=O) groups is 2. The number of amides is 1. The Labute approximate surface area is 113 Å². The van der Waals surface area contributed by atoms with Gasteiger partial charge < -0.3 is 4.90 Å². The maximum Gasteiger partial charge on any atom is 0.299 e. The number of rotatable bonds is 3. The number of anilines is 1. The van der Waals surface area contributed by atoms with E-state index in [1.165, 1.54) is 17.0 Å². The van der Waals surface area contributed by atoms with Crippen LogP contribution in [0.15, 0.2) is 16.6 Å². The second-order valence-electron chi connectivity index (χ2n) is 4.75. The number of ketones is 1. The van der Waals surface area contributed by atoms with Crippen molar-refractivity contribution >= 4 is 33.3 Å². The SMILES string of the molecule is CC(C)CCN1C(=O)C(=O)c2cc(Br)cc(F)c21. The summed E-state index contributed by atoms with van der Waals surface area (Å²) in [6, 6.07) is 2.76. The minimum atomic E-state index is -0.636. The van der Waals surface area contributed by atoms with Gasteiger partial charge in [-0.05, 0) is 24.5 Å². The summed E-state index contributed by atoms with van der Waals surface area (Å²) < 4.78 is 14.4. The van der Waals surface area contributed by atoms with Crippen LogP contribution in [0.1, 0.15) is 30.6 Å². The highest BCUT2D eigenvalue weighted by molar-refractivity contribution is 9.10. The fourth-order valence-corrected chi connectivity index (χ4v) is 2.38. The van der Waals surface area contributed by atoms with Gasteiger partial charge in [0.2, 0.25) is 0 Å². The molecular formula is C13H13BrFNO2. The summed E-state index contributed by atoms with van der Waals surface area (Å²) in [5.74, 6) is -1.42. The van der Waals surface area contributed by atoms with Crippen LogP contribution in [0.2, 0.25) is 0 Å². The lowest BCUT2D eigenvalue weighted by Crippen LogP contribution is -2.31. The van der Waals surface area contributed by atoms with Crippen LogP contribution in [0.3, 0.4) is 0 Å². The number of Topliss-reactive ketones (excluding diaryl/α,β-unsaturated/α-hetero) is 1. The van der Waals surface area contributed by atoms with Gasteiger partial charge in [-0.2, -0.15) is 0 Å². The van der Waals surface area contributed by atoms with Gasteiger partial charge in [0.25, 0.3) is 11.7 Å². The van der Waals surface area contributed by atoms with Crippen molar-refractivity contribution < 1.29 is 14.0 Å². The van der Waals surface area contributed by atoms with Crippen LogP contribution >= 0.6 is 15.9 Å². The first-order valence-electron chi connectivity index (χ1n) is 5.77. The summed E-state index contributed by atoms with van der Waals surface area (Å²) in [5, 5.41) is 0. The average Bonchev–Trinajstić information content (AvgIpc) is 2.51. The zero-order valence-electron chi connectivity index (χ0n) is 10.2.